The van der Waals surface area contributed by atoms with Crippen LogP contribution in [0.1, 0.15) is 18.1 Å². The van der Waals surface area contributed by atoms with Gasteiger partial charge in [-0.3, -0.25) is 14.2 Å². The summed E-state index contributed by atoms with van der Waals surface area (Å²) in [5.74, 6) is -0.461. The van der Waals surface area contributed by atoms with Gasteiger partial charge in [-0.05, 0) is 24.1 Å². The first-order valence-corrected chi connectivity index (χ1v) is 10.6. The molecule has 0 spiro atoms. The predicted molar refractivity (Wildman–Crippen MR) is 123 cm³/mol. The van der Waals surface area contributed by atoms with E-state index in [4.69, 9.17) is 11.6 Å². The second-order valence-electron chi connectivity index (χ2n) is 7.32. The Kier molecular flexibility index (Phi) is 6.23. The number of aryl methyl sites for hydroxylation is 1. The number of hydrogen-bond acceptors (Lipinski definition) is 4. The van der Waals surface area contributed by atoms with Crippen molar-refractivity contribution >= 4 is 28.7 Å². The van der Waals surface area contributed by atoms with Crippen LogP contribution in [0.5, 0.6) is 0 Å². The summed E-state index contributed by atoms with van der Waals surface area (Å²) in [6.45, 7) is 2.42. The summed E-state index contributed by atoms with van der Waals surface area (Å²) in [5, 5.41) is 3.26. The number of fused-ring (bicyclic) bond motifs is 1. The van der Waals surface area contributed by atoms with Crippen molar-refractivity contribution in [3.63, 3.8) is 0 Å². The van der Waals surface area contributed by atoms with Crippen molar-refractivity contribution in [3.05, 3.63) is 97.9 Å². The molecular formula is C23H22ClN5O3. The van der Waals surface area contributed by atoms with Crippen molar-refractivity contribution < 1.29 is 4.79 Å². The van der Waals surface area contributed by atoms with Gasteiger partial charge in [-0.15, -0.1) is 0 Å². The Bertz CT molecular complexity index is 1390. The van der Waals surface area contributed by atoms with Crippen molar-refractivity contribution in [1.82, 2.24) is 24.0 Å². The van der Waals surface area contributed by atoms with E-state index in [1.165, 1.54) is 10.9 Å². The van der Waals surface area contributed by atoms with Crippen LogP contribution in [0.4, 0.5) is 0 Å². The van der Waals surface area contributed by atoms with E-state index in [0.717, 1.165) is 15.7 Å². The van der Waals surface area contributed by atoms with Crippen LogP contribution in [0.15, 0.2) is 70.5 Å². The van der Waals surface area contributed by atoms with E-state index in [-0.39, 0.29) is 13.1 Å². The highest BCUT2D eigenvalue weighted by molar-refractivity contribution is 6.31. The molecule has 9 heteroatoms. The number of nitrogens with one attached hydrogen (secondary N) is 1. The Morgan fingerprint density at radius 1 is 1.03 bits per heavy atom. The number of amides is 1. The molecule has 0 aliphatic carbocycles. The number of nitrogens with zero attached hydrogens (tertiary/aromatic N) is 4. The number of aromatic nitrogens is 4. The number of benzene rings is 2. The molecule has 2 heterocycles. The molecule has 1 N–H and O–H groups in total. The van der Waals surface area contributed by atoms with Crippen LogP contribution in [0.3, 0.4) is 0 Å². The summed E-state index contributed by atoms with van der Waals surface area (Å²) in [5.41, 5.74) is 1.11. The monoisotopic (exact) mass is 451 g/mol. The molecule has 4 rings (SSSR count). The van der Waals surface area contributed by atoms with E-state index in [2.05, 4.69) is 10.3 Å². The summed E-state index contributed by atoms with van der Waals surface area (Å²) < 4.78 is 4.07. The van der Waals surface area contributed by atoms with Gasteiger partial charge in [0, 0.05) is 18.1 Å². The molecule has 0 saturated heterocycles. The minimum Gasteiger partial charge on any atom is -0.350 e. The highest BCUT2D eigenvalue weighted by Gasteiger charge is 2.19. The molecule has 2 aromatic heterocycles. The van der Waals surface area contributed by atoms with Crippen LogP contribution in [0.2, 0.25) is 5.02 Å². The lowest BCUT2D eigenvalue weighted by Gasteiger charge is -2.13. The van der Waals surface area contributed by atoms with Crippen molar-refractivity contribution in [2.24, 2.45) is 0 Å². The minimum atomic E-state index is -0.583. The zero-order chi connectivity index (χ0) is 22.7. The first-order chi connectivity index (χ1) is 15.5. The van der Waals surface area contributed by atoms with Crippen LogP contribution >= 0.6 is 11.6 Å². The van der Waals surface area contributed by atoms with Gasteiger partial charge in [0.1, 0.15) is 6.54 Å². The molecule has 8 nitrogen and oxygen atoms in total. The third-order valence-electron chi connectivity index (χ3n) is 5.24. The quantitative estimate of drug-likeness (QED) is 0.467. The topological polar surface area (TPSA) is 90.9 Å². The maximum Gasteiger partial charge on any atom is 0.333 e. The zero-order valence-electron chi connectivity index (χ0n) is 17.5. The lowest BCUT2D eigenvalue weighted by Crippen LogP contribution is -2.44. The van der Waals surface area contributed by atoms with Gasteiger partial charge in [0.2, 0.25) is 5.91 Å². The van der Waals surface area contributed by atoms with Gasteiger partial charge in [-0.1, -0.05) is 60.1 Å². The van der Waals surface area contributed by atoms with E-state index >= 15 is 0 Å². The average molecular weight is 452 g/mol. The maximum atomic E-state index is 13.2. The molecule has 0 saturated carbocycles. The number of rotatable bonds is 7. The largest absolute Gasteiger partial charge is 0.350 e. The average Bonchev–Trinajstić information content (AvgIpc) is 3.24. The number of halogens is 1. The highest BCUT2D eigenvalue weighted by atomic mass is 35.5. The van der Waals surface area contributed by atoms with Crippen LogP contribution in [-0.2, 0) is 31.0 Å². The van der Waals surface area contributed by atoms with Crippen molar-refractivity contribution in [2.75, 3.05) is 0 Å². The first kappa shape index (κ1) is 21.6. The smallest absolute Gasteiger partial charge is 0.333 e. The lowest BCUT2D eigenvalue weighted by atomic mass is 10.2. The highest BCUT2D eigenvalue weighted by Crippen LogP contribution is 2.14. The minimum absolute atomic E-state index is 0.195. The Hall–Kier alpha value is -3.65. The van der Waals surface area contributed by atoms with Gasteiger partial charge in [-0.2, -0.15) is 0 Å². The molecular weight excluding hydrogens is 430 g/mol. The fraction of sp³-hybridized carbons (Fsp3) is 0.217. The van der Waals surface area contributed by atoms with Crippen molar-refractivity contribution in [3.8, 4) is 0 Å². The molecule has 0 bridgehead atoms. The maximum absolute atomic E-state index is 13.2. The number of carbonyl (C=O) groups is 1. The number of imidazole rings is 1. The van der Waals surface area contributed by atoms with Gasteiger partial charge >= 0.3 is 5.69 Å². The molecule has 0 fully saturated rings. The van der Waals surface area contributed by atoms with Crippen molar-refractivity contribution in [1.29, 1.82) is 0 Å². The SMILES string of the molecule is CCn1cnc2c1c(=O)n(CC(=O)NCc1ccccc1Cl)c(=O)n2Cc1ccccc1. The Balaban J connectivity index is 1.70. The lowest BCUT2D eigenvalue weighted by molar-refractivity contribution is -0.121. The van der Waals surface area contributed by atoms with Crippen LogP contribution in [0.25, 0.3) is 11.2 Å². The van der Waals surface area contributed by atoms with Gasteiger partial charge in [0.15, 0.2) is 11.2 Å². The molecule has 1 amide bonds. The van der Waals surface area contributed by atoms with E-state index in [9.17, 15) is 14.4 Å². The Morgan fingerprint density at radius 3 is 2.47 bits per heavy atom. The molecule has 0 aliphatic rings. The molecule has 0 unspecified atom stereocenters. The zero-order valence-corrected chi connectivity index (χ0v) is 18.2. The predicted octanol–water partition coefficient (Wildman–Crippen LogP) is 2.40. The van der Waals surface area contributed by atoms with Gasteiger partial charge in [0.25, 0.3) is 5.56 Å². The molecule has 32 heavy (non-hydrogen) atoms. The van der Waals surface area contributed by atoms with Gasteiger partial charge < -0.3 is 9.88 Å². The molecule has 164 valence electrons. The summed E-state index contributed by atoms with van der Waals surface area (Å²) in [6, 6.07) is 16.6. The fourth-order valence-corrected chi connectivity index (χ4v) is 3.76. The summed E-state index contributed by atoms with van der Waals surface area (Å²) in [6.07, 6.45) is 1.54. The second-order valence-corrected chi connectivity index (χ2v) is 7.72. The molecule has 2 aromatic carbocycles. The van der Waals surface area contributed by atoms with E-state index in [1.807, 2.05) is 43.3 Å². The standard InChI is InChI=1S/C23H22ClN5O3/c1-2-27-15-26-21-20(27)22(31)29(23(32)28(21)13-16-8-4-3-5-9-16)14-19(30)25-12-17-10-6-7-11-18(17)24/h3-11,15H,2,12-14H2,1H3,(H,25,30). The van der Waals surface area contributed by atoms with Gasteiger partial charge in [-0.25, -0.2) is 14.3 Å². The summed E-state index contributed by atoms with van der Waals surface area (Å²) in [4.78, 5) is 43.3. The molecule has 4 aromatic rings. The molecule has 0 radical (unpaired) electrons. The molecule has 0 atom stereocenters. The Morgan fingerprint density at radius 2 is 1.75 bits per heavy atom. The summed E-state index contributed by atoms with van der Waals surface area (Å²) in [7, 11) is 0. The number of carbonyl (C=O) groups excluding carboxylic acids is 1. The summed E-state index contributed by atoms with van der Waals surface area (Å²) >= 11 is 6.13. The van der Waals surface area contributed by atoms with E-state index in [1.54, 1.807) is 22.8 Å². The third-order valence-corrected chi connectivity index (χ3v) is 5.61. The Labute approximate surface area is 188 Å². The van der Waals surface area contributed by atoms with E-state index in [0.29, 0.717) is 22.7 Å². The van der Waals surface area contributed by atoms with Crippen LogP contribution in [0, 0.1) is 0 Å². The molecule has 0 aliphatic heterocycles. The second kappa shape index (κ2) is 9.23. The van der Waals surface area contributed by atoms with Crippen molar-refractivity contribution in [2.45, 2.75) is 33.1 Å². The fourth-order valence-electron chi connectivity index (χ4n) is 3.56. The number of hydrogen-bond donors (Lipinski definition) is 1. The van der Waals surface area contributed by atoms with Crippen LogP contribution < -0.4 is 16.6 Å². The first-order valence-electron chi connectivity index (χ1n) is 10.2. The normalized spacial score (nSPS) is 11.1. The van der Waals surface area contributed by atoms with E-state index < -0.39 is 23.7 Å². The third kappa shape index (κ3) is 4.22. The van der Waals surface area contributed by atoms with Crippen LogP contribution in [-0.4, -0.2) is 24.6 Å². The van der Waals surface area contributed by atoms with Gasteiger partial charge in [0.05, 0.1) is 12.9 Å².